The molecule has 0 unspecified atom stereocenters. The van der Waals surface area contributed by atoms with Crippen molar-refractivity contribution in [2.45, 2.75) is 43.9 Å². The van der Waals surface area contributed by atoms with E-state index in [1.54, 1.807) is 24.3 Å². The summed E-state index contributed by atoms with van der Waals surface area (Å²) in [5, 5.41) is 0. The molecule has 7 heteroatoms. The Balaban J connectivity index is 0.000000208. The van der Waals surface area contributed by atoms with Crippen LogP contribution in [0.2, 0.25) is 0 Å². The highest BCUT2D eigenvalue weighted by Crippen LogP contribution is 2.31. The van der Waals surface area contributed by atoms with Gasteiger partial charge in [0.15, 0.2) is 0 Å². The van der Waals surface area contributed by atoms with E-state index in [4.69, 9.17) is 9.29 Å². The van der Waals surface area contributed by atoms with E-state index in [2.05, 4.69) is 25.8 Å². The maximum absolute atomic E-state index is 13.7. The van der Waals surface area contributed by atoms with E-state index >= 15 is 0 Å². The Morgan fingerprint density at radius 3 is 2.26 bits per heavy atom. The Morgan fingerprint density at radius 2 is 1.70 bits per heavy atom. The van der Waals surface area contributed by atoms with Gasteiger partial charge in [0.05, 0.1) is 11.5 Å². The molecule has 0 saturated carbocycles. The smallest absolute Gasteiger partial charge is 0.294 e. The fraction of sp³-hybridized carbons (Fsp3) is 0.400. The van der Waals surface area contributed by atoms with E-state index < -0.39 is 10.1 Å². The van der Waals surface area contributed by atoms with Crippen LogP contribution in [0, 0.1) is 12.7 Å². The van der Waals surface area contributed by atoms with Crippen molar-refractivity contribution in [3.63, 3.8) is 0 Å². The van der Waals surface area contributed by atoms with Crippen molar-refractivity contribution in [1.82, 2.24) is 4.90 Å². The second kappa shape index (κ2) is 8.93. The predicted molar refractivity (Wildman–Crippen MR) is 103 cm³/mol. The van der Waals surface area contributed by atoms with E-state index in [1.165, 1.54) is 18.2 Å². The van der Waals surface area contributed by atoms with Crippen molar-refractivity contribution >= 4 is 10.1 Å². The second-order valence-electron chi connectivity index (χ2n) is 6.82. The number of halogens is 1. The summed E-state index contributed by atoms with van der Waals surface area (Å²) in [4.78, 5) is 2.17. The minimum absolute atomic E-state index is 0.0666. The molecule has 1 fully saturated rings. The third kappa shape index (κ3) is 5.59. The van der Waals surface area contributed by atoms with Crippen molar-refractivity contribution in [2.24, 2.45) is 0 Å². The van der Waals surface area contributed by atoms with Crippen LogP contribution >= 0.6 is 0 Å². The Morgan fingerprint density at radius 1 is 1.11 bits per heavy atom. The summed E-state index contributed by atoms with van der Waals surface area (Å²) >= 11 is 0. The number of hydrogen-bond donors (Lipinski definition) is 1. The van der Waals surface area contributed by atoms with Gasteiger partial charge >= 0.3 is 0 Å². The van der Waals surface area contributed by atoms with Gasteiger partial charge in [-0.15, -0.1) is 0 Å². The van der Waals surface area contributed by atoms with Gasteiger partial charge in [-0.2, -0.15) is 8.42 Å². The van der Waals surface area contributed by atoms with Crippen LogP contribution in [-0.2, 0) is 14.9 Å². The number of aryl methyl sites for hydroxylation is 1. The number of rotatable bonds is 2. The highest BCUT2D eigenvalue weighted by molar-refractivity contribution is 7.85. The molecule has 0 bridgehead atoms. The zero-order chi connectivity index (χ0) is 20.2. The van der Waals surface area contributed by atoms with Crippen molar-refractivity contribution in [3.8, 4) is 0 Å². The van der Waals surface area contributed by atoms with Crippen LogP contribution in [0.25, 0.3) is 0 Å². The average Bonchev–Trinajstić information content (AvgIpc) is 2.61. The summed E-state index contributed by atoms with van der Waals surface area (Å²) in [6.45, 7) is 6.69. The molecule has 1 aliphatic rings. The summed E-state index contributed by atoms with van der Waals surface area (Å²) < 4.78 is 49.0. The van der Waals surface area contributed by atoms with Gasteiger partial charge in [0.1, 0.15) is 11.9 Å². The fourth-order valence-corrected chi connectivity index (χ4v) is 3.36. The maximum Gasteiger partial charge on any atom is 0.294 e. The lowest BCUT2D eigenvalue weighted by atomic mass is 9.99. The second-order valence-corrected chi connectivity index (χ2v) is 8.24. The maximum atomic E-state index is 13.7. The Labute approximate surface area is 160 Å². The minimum Gasteiger partial charge on any atom is -0.370 e. The van der Waals surface area contributed by atoms with Crippen LogP contribution in [0.1, 0.15) is 31.1 Å². The highest BCUT2D eigenvalue weighted by Gasteiger charge is 2.32. The molecule has 2 aromatic carbocycles. The predicted octanol–water partition coefficient (Wildman–Crippen LogP) is 3.85. The van der Waals surface area contributed by atoms with E-state index in [9.17, 15) is 12.8 Å². The lowest BCUT2D eigenvalue weighted by Gasteiger charge is -2.41. The third-order valence-corrected chi connectivity index (χ3v) is 5.69. The van der Waals surface area contributed by atoms with E-state index in [0.717, 1.165) is 5.56 Å². The van der Waals surface area contributed by atoms with Crippen LogP contribution < -0.4 is 0 Å². The molecular formula is C20H26FNO4S. The zero-order valence-electron chi connectivity index (χ0n) is 16.0. The minimum atomic E-state index is -4.02. The normalized spacial score (nSPS) is 23.4. The number of hydrogen-bond acceptors (Lipinski definition) is 4. The fourth-order valence-electron chi connectivity index (χ4n) is 2.88. The van der Waals surface area contributed by atoms with E-state index in [0.29, 0.717) is 18.2 Å². The van der Waals surface area contributed by atoms with E-state index in [-0.39, 0.29) is 22.9 Å². The van der Waals surface area contributed by atoms with Gasteiger partial charge in [-0.1, -0.05) is 35.9 Å². The number of likely N-dealkylation sites (N-methyl/N-ethyl adjacent to an activating group) is 1. The molecule has 0 aromatic heterocycles. The standard InChI is InChI=1S/C13H18FNO.C7H8O3S/c1-9-8-16-13(10(2)15(9)3)11-6-4-5-7-12(11)14;1-6-2-4-7(5-3-6)11(8,9)10/h4-7,9-10,13H,8H2,1-3H3;2-5H,1H3,(H,8,9,10)/t9-,10+,13-;/m0./s1. The summed E-state index contributed by atoms with van der Waals surface area (Å²) in [6.07, 6.45) is -0.164. The largest absolute Gasteiger partial charge is 0.370 e. The quantitative estimate of drug-likeness (QED) is 0.783. The van der Waals surface area contributed by atoms with Gasteiger partial charge in [0.2, 0.25) is 0 Å². The highest BCUT2D eigenvalue weighted by atomic mass is 32.2. The summed E-state index contributed by atoms with van der Waals surface area (Å²) in [5.74, 6) is -0.178. The number of nitrogens with zero attached hydrogens (tertiary/aromatic N) is 1. The van der Waals surface area contributed by atoms with Crippen LogP contribution in [0.3, 0.4) is 0 Å². The van der Waals surface area contributed by atoms with Crippen LogP contribution in [-0.4, -0.2) is 43.6 Å². The molecule has 0 radical (unpaired) electrons. The molecule has 1 aliphatic heterocycles. The Kier molecular flexibility index (Phi) is 7.11. The lowest BCUT2D eigenvalue weighted by molar-refractivity contribution is -0.0865. The topological polar surface area (TPSA) is 66.8 Å². The third-order valence-electron chi connectivity index (χ3n) is 4.82. The molecule has 1 N–H and O–H groups in total. The van der Waals surface area contributed by atoms with Gasteiger partial charge in [-0.25, -0.2) is 4.39 Å². The molecule has 1 saturated heterocycles. The first kappa shape index (κ1) is 21.5. The van der Waals surface area contributed by atoms with Gasteiger partial charge in [0, 0.05) is 17.6 Å². The first-order chi connectivity index (χ1) is 12.6. The molecule has 0 spiro atoms. The molecule has 2 aromatic rings. The van der Waals surface area contributed by atoms with Crippen LogP contribution in [0.4, 0.5) is 4.39 Å². The van der Waals surface area contributed by atoms with Gasteiger partial charge in [-0.05, 0) is 46.0 Å². The molecule has 0 aliphatic carbocycles. The zero-order valence-corrected chi connectivity index (χ0v) is 16.8. The van der Waals surface area contributed by atoms with Crippen LogP contribution in [0.15, 0.2) is 53.4 Å². The van der Waals surface area contributed by atoms with Gasteiger partial charge in [-0.3, -0.25) is 9.45 Å². The molecular weight excluding hydrogens is 369 g/mol. The number of morpholine rings is 1. The van der Waals surface area contributed by atoms with Crippen molar-refractivity contribution in [2.75, 3.05) is 13.7 Å². The van der Waals surface area contributed by atoms with E-state index in [1.807, 2.05) is 13.0 Å². The molecule has 1 heterocycles. The molecule has 3 atom stereocenters. The molecule has 3 rings (SSSR count). The van der Waals surface area contributed by atoms with Gasteiger partial charge < -0.3 is 4.74 Å². The average molecular weight is 395 g/mol. The van der Waals surface area contributed by atoms with Crippen molar-refractivity contribution in [1.29, 1.82) is 0 Å². The molecule has 5 nitrogen and oxygen atoms in total. The number of benzene rings is 2. The molecule has 0 amide bonds. The molecule has 27 heavy (non-hydrogen) atoms. The van der Waals surface area contributed by atoms with Crippen LogP contribution in [0.5, 0.6) is 0 Å². The van der Waals surface area contributed by atoms with Crippen molar-refractivity contribution in [3.05, 3.63) is 65.5 Å². The van der Waals surface area contributed by atoms with Gasteiger partial charge in [0.25, 0.3) is 10.1 Å². The summed E-state index contributed by atoms with van der Waals surface area (Å²) in [7, 11) is -1.96. The first-order valence-corrected chi connectivity index (χ1v) is 10.2. The Hall–Kier alpha value is -1.80. The monoisotopic (exact) mass is 395 g/mol. The number of ether oxygens (including phenoxy) is 1. The lowest BCUT2D eigenvalue weighted by Crippen LogP contribution is -2.48. The SMILES string of the molecule is C[C@@H]1[C@@H](c2ccccc2F)OC[C@H](C)N1C.Cc1ccc(S(=O)(=O)O)cc1. The molecule has 148 valence electrons. The summed E-state index contributed by atoms with van der Waals surface area (Å²) in [6, 6.07) is 13.4. The Bertz CT molecular complexity index is 855. The summed E-state index contributed by atoms with van der Waals surface area (Å²) in [5.41, 5.74) is 1.62. The first-order valence-electron chi connectivity index (χ1n) is 8.73. The van der Waals surface area contributed by atoms with Crippen molar-refractivity contribution < 1.29 is 22.1 Å².